The molecule has 2 aromatic heterocycles. The first-order valence-corrected chi connectivity index (χ1v) is 10.2. The summed E-state index contributed by atoms with van der Waals surface area (Å²) in [5.74, 6) is -3.20. The number of aliphatic carboxylic acids is 2. The second kappa shape index (κ2) is 10.0. The largest absolute Gasteiger partial charge is 0.481 e. The van der Waals surface area contributed by atoms with E-state index in [0.717, 1.165) is 0 Å². The van der Waals surface area contributed by atoms with Gasteiger partial charge in [0.05, 0.1) is 18.4 Å². The number of carbonyl (C=O) groups is 3. The van der Waals surface area contributed by atoms with Gasteiger partial charge in [-0.25, -0.2) is 14.8 Å². The van der Waals surface area contributed by atoms with Crippen molar-refractivity contribution in [3.05, 3.63) is 50.5 Å². The third-order valence-electron chi connectivity index (χ3n) is 4.43. The molecule has 0 spiro atoms. The summed E-state index contributed by atoms with van der Waals surface area (Å²) in [5.41, 5.74) is 6.37. The zero-order chi connectivity index (χ0) is 24.1. The van der Waals surface area contributed by atoms with Crippen LogP contribution in [0.2, 0.25) is 0 Å². The molecule has 0 bridgehead atoms. The van der Waals surface area contributed by atoms with Crippen LogP contribution in [0.4, 0.5) is 11.6 Å². The van der Waals surface area contributed by atoms with Crippen molar-refractivity contribution in [2.75, 3.05) is 11.1 Å². The lowest BCUT2D eigenvalue weighted by Crippen LogP contribution is -2.41. The van der Waals surface area contributed by atoms with Crippen LogP contribution in [0.25, 0.3) is 11.2 Å². The third-order valence-corrected chi connectivity index (χ3v) is 5.08. The van der Waals surface area contributed by atoms with E-state index < -0.39 is 35.9 Å². The molecule has 1 aromatic carbocycles. The molecule has 0 aliphatic heterocycles. The van der Waals surface area contributed by atoms with E-state index in [4.69, 9.17) is 10.8 Å². The smallest absolute Gasteiger partial charge is 0.326 e. The zero-order valence-corrected chi connectivity index (χ0v) is 18.4. The Morgan fingerprint density at radius 2 is 1.97 bits per heavy atom. The number of fused-ring (bicyclic) bond motifs is 1. The second-order valence-corrected chi connectivity index (χ2v) is 7.68. The fourth-order valence-electron chi connectivity index (χ4n) is 2.81. The molecular formula is C19H18BrN7O6. The van der Waals surface area contributed by atoms with Crippen LogP contribution in [0.15, 0.2) is 33.7 Å². The van der Waals surface area contributed by atoms with Gasteiger partial charge in [0.25, 0.3) is 11.5 Å². The molecule has 172 valence electrons. The number of anilines is 2. The predicted molar refractivity (Wildman–Crippen MR) is 120 cm³/mol. The average Bonchev–Trinajstić information content (AvgIpc) is 2.75. The molecule has 1 amide bonds. The number of nitrogens with two attached hydrogens (primary N) is 1. The van der Waals surface area contributed by atoms with Gasteiger partial charge in [0.2, 0.25) is 5.95 Å². The van der Waals surface area contributed by atoms with E-state index in [9.17, 15) is 24.3 Å². The van der Waals surface area contributed by atoms with Crippen LogP contribution in [0.1, 0.15) is 28.9 Å². The fraction of sp³-hybridized carbons (Fsp3) is 0.211. The van der Waals surface area contributed by atoms with Gasteiger partial charge in [-0.3, -0.25) is 19.4 Å². The lowest BCUT2D eigenvalue weighted by Gasteiger charge is -2.14. The zero-order valence-electron chi connectivity index (χ0n) is 16.8. The Bertz CT molecular complexity index is 1300. The molecule has 0 fully saturated rings. The van der Waals surface area contributed by atoms with E-state index in [1.807, 2.05) is 0 Å². The van der Waals surface area contributed by atoms with Crippen molar-refractivity contribution in [2.24, 2.45) is 0 Å². The van der Waals surface area contributed by atoms with Crippen molar-refractivity contribution in [1.82, 2.24) is 25.3 Å². The van der Waals surface area contributed by atoms with Gasteiger partial charge < -0.3 is 26.6 Å². The van der Waals surface area contributed by atoms with Gasteiger partial charge in [-0.05, 0) is 40.5 Å². The first-order valence-electron chi connectivity index (χ1n) is 9.44. The first-order chi connectivity index (χ1) is 15.6. The summed E-state index contributed by atoms with van der Waals surface area (Å²) in [6.07, 6.45) is 0.811. The molecule has 0 saturated heterocycles. The number of aromatic amines is 1. The molecule has 1 atom stereocenters. The summed E-state index contributed by atoms with van der Waals surface area (Å²) in [6, 6.07) is 3.22. The molecular weight excluding hydrogens is 502 g/mol. The number of hydrogen-bond acceptors (Lipinski definition) is 9. The van der Waals surface area contributed by atoms with Crippen molar-refractivity contribution in [2.45, 2.75) is 25.4 Å². The number of halogens is 1. The van der Waals surface area contributed by atoms with Gasteiger partial charge >= 0.3 is 11.9 Å². The highest BCUT2D eigenvalue weighted by Gasteiger charge is 2.22. The molecule has 7 N–H and O–H groups in total. The van der Waals surface area contributed by atoms with Crippen LogP contribution in [0.3, 0.4) is 0 Å². The summed E-state index contributed by atoms with van der Waals surface area (Å²) in [4.78, 5) is 60.9. The minimum Gasteiger partial charge on any atom is -0.481 e. The molecule has 0 unspecified atom stereocenters. The van der Waals surface area contributed by atoms with Gasteiger partial charge in [-0.1, -0.05) is 0 Å². The maximum absolute atomic E-state index is 12.4. The number of hydrogen-bond donors (Lipinski definition) is 6. The minimum atomic E-state index is -1.33. The highest BCUT2D eigenvalue weighted by atomic mass is 79.9. The Morgan fingerprint density at radius 3 is 2.64 bits per heavy atom. The fourth-order valence-corrected chi connectivity index (χ4v) is 3.33. The Balaban J connectivity index is 1.68. The summed E-state index contributed by atoms with van der Waals surface area (Å²) in [7, 11) is 0. The quantitative estimate of drug-likeness (QED) is 0.231. The van der Waals surface area contributed by atoms with Crippen LogP contribution in [0.5, 0.6) is 0 Å². The van der Waals surface area contributed by atoms with Crippen LogP contribution >= 0.6 is 15.9 Å². The van der Waals surface area contributed by atoms with Crippen LogP contribution in [0, 0.1) is 0 Å². The topological polar surface area (TPSA) is 213 Å². The standard InChI is InChI=1S/C19H18BrN7O6/c20-10-5-8(16(30)25-12(18(32)33)3-4-13(28)29)1-2-11(10)22-6-9-7-23-15-14(24-9)17(31)27-19(21)26-15/h1-2,5,7,12,22H,3-4,6H2,(H,25,30)(H,28,29)(H,32,33)(H3,21,23,26,27,31)/t12-/m0/s1. The highest BCUT2D eigenvalue weighted by Crippen LogP contribution is 2.24. The molecule has 0 radical (unpaired) electrons. The highest BCUT2D eigenvalue weighted by molar-refractivity contribution is 9.10. The van der Waals surface area contributed by atoms with Gasteiger partial charge in [-0.15, -0.1) is 0 Å². The number of carboxylic acids is 2. The number of nitrogens with one attached hydrogen (secondary N) is 3. The summed E-state index contributed by atoms with van der Waals surface area (Å²) < 4.78 is 0.508. The number of rotatable bonds is 9. The lowest BCUT2D eigenvalue weighted by molar-refractivity contribution is -0.140. The number of nitrogen functional groups attached to an aromatic ring is 1. The maximum atomic E-state index is 12.4. The maximum Gasteiger partial charge on any atom is 0.326 e. The first kappa shape index (κ1) is 23.6. The summed E-state index contributed by atoms with van der Waals surface area (Å²) in [6.45, 7) is 0.202. The Hall–Kier alpha value is -4.07. The van der Waals surface area contributed by atoms with Gasteiger partial charge in [0.15, 0.2) is 11.2 Å². The van der Waals surface area contributed by atoms with Gasteiger partial charge in [0, 0.05) is 22.1 Å². The van der Waals surface area contributed by atoms with E-state index >= 15 is 0 Å². The number of carboxylic acid groups (broad SMARTS) is 2. The van der Waals surface area contributed by atoms with Crippen molar-refractivity contribution in [3.8, 4) is 0 Å². The van der Waals surface area contributed by atoms with E-state index in [-0.39, 0.29) is 35.6 Å². The van der Waals surface area contributed by atoms with Gasteiger partial charge in [-0.2, -0.15) is 4.98 Å². The SMILES string of the molecule is Nc1nc2ncc(CNc3ccc(C(=O)N[C@@H](CCC(=O)O)C(=O)O)cc3Br)nc2c(=O)[nH]1. The van der Waals surface area contributed by atoms with Gasteiger partial charge in [0.1, 0.15) is 6.04 Å². The number of benzene rings is 1. The molecule has 14 heteroatoms. The number of nitrogens with zero attached hydrogens (tertiary/aromatic N) is 3. The minimum absolute atomic E-state index is 0.0467. The van der Waals surface area contributed by atoms with E-state index in [2.05, 4.69) is 46.5 Å². The molecule has 2 heterocycles. The molecule has 0 aliphatic carbocycles. The van der Waals surface area contributed by atoms with E-state index in [1.165, 1.54) is 18.3 Å². The van der Waals surface area contributed by atoms with Crippen molar-refractivity contribution >= 4 is 56.6 Å². The Morgan fingerprint density at radius 1 is 1.21 bits per heavy atom. The normalized spacial score (nSPS) is 11.7. The van der Waals surface area contributed by atoms with E-state index in [1.54, 1.807) is 6.07 Å². The predicted octanol–water partition coefficient (Wildman–Crippen LogP) is 0.718. The number of carbonyl (C=O) groups excluding carboxylic acids is 1. The molecule has 13 nitrogen and oxygen atoms in total. The van der Waals surface area contributed by atoms with Crippen molar-refractivity contribution in [3.63, 3.8) is 0 Å². The van der Waals surface area contributed by atoms with Crippen molar-refractivity contribution in [1.29, 1.82) is 0 Å². The Kier molecular flexibility index (Phi) is 7.17. The summed E-state index contributed by atoms with van der Waals surface area (Å²) in [5, 5.41) is 23.3. The Labute approximate surface area is 193 Å². The van der Waals surface area contributed by atoms with Crippen LogP contribution in [-0.2, 0) is 16.1 Å². The van der Waals surface area contributed by atoms with Crippen LogP contribution < -0.4 is 21.9 Å². The second-order valence-electron chi connectivity index (χ2n) is 6.83. The lowest BCUT2D eigenvalue weighted by atomic mass is 10.1. The average molecular weight is 520 g/mol. The number of amides is 1. The molecule has 3 rings (SSSR count). The van der Waals surface area contributed by atoms with Crippen molar-refractivity contribution < 1.29 is 24.6 Å². The molecule has 3 aromatic rings. The number of H-pyrrole nitrogens is 1. The third kappa shape index (κ3) is 6.00. The van der Waals surface area contributed by atoms with E-state index in [0.29, 0.717) is 15.9 Å². The van der Waals surface area contributed by atoms with Crippen LogP contribution in [-0.4, -0.2) is 54.0 Å². The molecule has 0 aliphatic rings. The monoisotopic (exact) mass is 519 g/mol. The summed E-state index contributed by atoms with van der Waals surface area (Å²) >= 11 is 3.34. The molecule has 0 saturated carbocycles. The number of aromatic nitrogens is 4. The molecule has 33 heavy (non-hydrogen) atoms.